The fraction of sp³-hybridized carbons (Fsp3) is 0.583. The average Bonchev–Trinajstić information content (AvgIpc) is 3.19. The van der Waals surface area contributed by atoms with Crippen molar-refractivity contribution < 1.29 is 4.79 Å². The van der Waals surface area contributed by atoms with Crippen molar-refractivity contribution in [3.63, 3.8) is 0 Å². The summed E-state index contributed by atoms with van der Waals surface area (Å²) in [5.74, 6) is 0.680. The molecule has 1 heterocycles. The van der Waals surface area contributed by atoms with E-state index >= 15 is 0 Å². The van der Waals surface area contributed by atoms with Gasteiger partial charge in [0.1, 0.15) is 11.5 Å². The lowest BCUT2D eigenvalue weighted by molar-refractivity contribution is 0.0779. The Morgan fingerprint density at radius 2 is 2.24 bits per heavy atom. The van der Waals surface area contributed by atoms with Crippen molar-refractivity contribution >= 4 is 11.7 Å². The number of amides is 1. The number of nitrogens with one attached hydrogen (secondary N) is 1. The van der Waals surface area contributed by atoms with Crippen LogP contribution in [0.2, 0.25) is 0 Å². The molecular formula is C12H18N4O. The normalized spacial score (nSPS) is 14.5. The first-order valence-electron chi connectivity index (χ1n) is 6.05. The molecule has 1 amide bonds. The van der Waals surface area contributed by atoms with Gasteiger partial charge in [0.05, 0.1) is 12.4 Å². The molecule has 2 rings (SSSR count). The minimum atomic E-state index is -0.0398. The van der Waals surface area contributed by atoms with Crippen LogP contribution in [0.15, 0.2) is 12.4 Å². The minimum Gasteiger partial charge on any atom is -0.369 e. The van der Waals surface area contributed by atoms with Crippen LogP contribution < -0.4 is 5.32 Å². The molecule has 0 radical (unpaired) electrons. The number of aromatic nitrogens is 2. The number of carbonyl (C=O) groups excluding carboxylic acids is 1. The van der Waals surface area contributed by atoms with Gasteiger partial charge in [0.15, 0.2) is 0 Å². The molecule has 1 aromatic heterocycles. The highest BCUT2D eigenvalue weighted by molar-refractivity contribution is 5.92. The maximum absolute atomic E-state index is 12.0. The third-order valence-electron chi connectivity index (χ3n) is 2.84. The molecule has 0 aliphatic heterocycles. The molecule has 92 valence electrons. The van der Waals surface area contributed by atoms with Crippen LogP contribution in [0.1, 0.15) is 36.7 Å². The summed E-state index contributed by atoms with van der Waals surface area (Å²) in [6, 6.07) is 0.405. The van der Waals surface area contributed by atoms with Crippen LogP contribution in [-0.2, 0) is 0 Å². The summed E-state index contributed by atoms with van der Waals surface area (Å²) < 4.78 is 0. The summed E-state index contributed by atoms with van der Waals surface area (Å²) in [6.07, 6.45) is 6.40. The highest BCUT2D eigenvalue weighted by atomic mass is 16.2. The molecule has 0 saturated heterocycles. The summed E-state index contributed by atoms with van der Waals surface area (Å²) in [5, 5.41) is 3.13. The largest absolute Gasteiger partial charge is 0.369 e. The number of anilines is 1. The van der Waals surface area contributed by atoms with E-state index in [0.717, 1.165) is 31.6 Å². The van der Waals surface area contributed by atoms with Crippen molar-refractivity contribution in [2.24, 2.45) is 0 Å². The Hall–Kier alpha value is -1.65. The van der Waals surface area contributed by atoms with Gasteiger partial charge in [-0.1, -0.05) is 6.92 Å². The molecule has 0 bridgehead atoms. The Bertz CT molecular complexity index is 386. The second-order valence-corrected chi connectivity index (χ2v) is 4.36. The van der Waals surface area contributed by atoms with Crippen molar-refractivity contribution in [1.29, 1.82) is 0 Å². The molecule has 0 spiro atoms. The minimum absolute atomic E-state index is 0.0398. The Morgan fingerprint density at radius 1 is 1.47 bits per heavy atom. The molecule has 0 aromatic carbocycles. The third kappa shape index (κ3) is 2.93. The van der Waals surface area contributed by atoms with Gasteiger partial charge in [0, 0.05) is 19.6 Å². The van der Waals surface area contributed by atoms with E-state index in [1.54, 1.807) is 17.3 Å². The smallest absolute Gasteiger partial charge is 0.274 e. The molecule has 1 aliphatic rings. The van der Waals surface area contributed by atoms with E-state index in [-0.39, 0.29) is 5.91 Å². The standard InChI is InChI=1S/C12H18N4O/c1-3-6-13-11-8-14-10(7-15-11)12(17)16(2)9-4-5-9/h7-9H,3-6H2,1-2H3,(H,13,15). The number of nitrogens with zero attached hydrogens (tertiary/aromatic N) is 3. The zero-order valence-electron chi connectivity index (χ0n) is 10.3. The first-order chi connectivity index (χ1) is 8.22. The van der Waals surface area contributed by atoms with E-state index in [9.17, 15) is 4.79 Å². The topological polar surface area (TPSA) is 58.1 Å². The van der Waals surface area contributed by atoms with Crippen LogP contribution in [0, 0.1) is 0 Å². The predicted molar refractivity (Wildman–Crippen MR) is 65.9 cm³/mol. The summed E-state index contributed by atoms with van der Waals surface area (Å²) in [7, 11) is 1.82. The Balaban J connectivity index is 1.98. The maximum atomic E-state index is 12.0. The number of hydrogen-bond donors (Lipinski definition) is 1. The molecule has 17 heavy (non-hydrogen) atoms. The number of rotatable bonds is 5. The van der Waals surface area contributed by atoms with E-state index in [2.05, 4.69) is 22.2 Å². The fourth-order valence-corrected chi connectivity index (χ4v) is 1.59. The first kappa shape index (κ1) is 11.8. The summed E-state index contributed by atoms with van der Waals surface area (Å²) in [4.78, 5) is 22.0. The molecule has 5 heteroatoms. The highest BCUT2D eigenvalue weighted by Gasteiger charge is 2.30. The molecule has 1 N–H and O–H groups in total. The van der Waals surface area contributed by atoms with Gasteiger partial charge in [-0.2, -0.15) is 0 Å². The fourth-order valence-electron chi connectivity index (χ4n) is 1.59. The van der Waals surface area contributed by atoms with E-state index < -0.39 is 0 Å². The van der Waals surface area contributed by atoms with E-state index in [4.69, 9.17) is 0 Å². The highest BCUT2D eigenvalue weighted by Crippen LogP contribution is 2.26. The Labute approximate surface area is 101 Å². The van der Waals surface area contributed by atoms with E-state index in [1.165, 1.54) is 0 Å². The lowest BCUT2D eigenvalue weighted by Crippen LogP contribution is -2.29. The van der Waals surface area contributed by atoms with Gasteiger partial charge in [0.2, 0.25) is 0 Å². The molecule has 1 saturated carbocycles. The van der Waals surface area contributed by atoms with Crippen LogP contribution in [0.3, 0.4) is 0 Å². The van der Waals surface area contributed by atoms with Gasteiger partial charge in [-0.25, -0.2) is 9.97 Å². The van der Waals surface area contributed by atoms with Gasteiger partial charge in [-0.15, -0.1) is 0 Å². The van der Waals surface area contributed by atoms with Crippen molar-refractivity contribution in [3.05, 3.63) is 18.1 Å². The lowest BCUT2D eigenvalue weighted by atomic mass is 10.3. The van der Waals surface area contributed by atoms with Crippen LogP contribution in [-0.4, -0.2) is 40.4 Å². The SMILES string of the molecule is CCCNc1cnc(C(=O)N(C)C2CC2)cn1. The first-order valence-corrected chi connectivity index (χ1v) is 6.05. The van der Waals surface area contributed by atoms with Gasteiger partial charge >= 0.3 is 0 Å². The number of carbonyl (C=O) groups is 1. The maximum Gasteiger partial charge on any atom is 0.274 e. The molecular weight excluding hydrogens is 216 g/mol. The Kier molecular flexibility index (Phi) is 3.56. The van der Waals surface area contributed by atoms with Crippen molar-refractivity contribution in [1.82, 2.24) is 14.9 Å². The van der Waals surface area contributed by atoms with Crippen molar-refractivity contribution in [2.75, 3.05) is 18.9 Å². The molecule has 1 aromatic rings. The lowest BCUT2D eigenvalue weighted by Gasteiger charge is -2.15. The van der Waals surface area contributed by atoms with Gasteiger partial charge < -0.3 is 10.2 Å². The third-order valence-corrected chi connectivity index (χ3v) is 2.84. The molecule has 5 nitrogen and oxygen atoms in total. The number of hydrogen-bond acceptors (Lipinski definition) is 4. The average molecular weight is 234 g/mol. The van der Waals surface area contributed by atoms with Gasteiger partial charge in [-0.05, 0) is 19.3 Å². The molecule has 1 aliphatic carbocycles. The summed E-state index contributed by atoms with van der Waals surface area (Å²) in [6.45, 7) is 2.95. The van der Waals surface area contributed by atoms with E-state index in [1.807, 2.05) is 7.05 Å². The quantitative estimate of drug-likeness (QED) is 0.839. The summed E-state index contributed by atoms with van der Waals surface area (Å²) in [5.41, 5.74) is 0.418. The monoisotopic (exact) mass is 234 g/mol. The van der Waals surface area contributed by atoms with Gasteiger partial charge in [0.25, 0.3) is 5.91 Å². The summed E-state index contributed by atoms with van der Waals surface area (Å²) >= 11 is 0. The molecule has 0 atom stereocenters. The zero-order valence-corrected chi connectivity index (χ0v) is 10.3. The zero-order chi connectivity index (χ0) is 12.3. The van der Waals surface area contributed by atoms with Crippen LogP contribution >= 0.6 is 0 Å². The van der Waals surface area contributed by atoms with Gasteiger partial charge in [-0.3, -0.25) is 4.79 Å². The van der Waals surface area contributed by atoms with E-state index in [0.29, 0.717) is 11.7 Å². The second-order valence-electron chi connectivity index (χ2n) is 4.36. The van der Waals surface area contributed by atoms with Crippen molar-refractivity contribution in [2.45, 2.75) is 32.2 Å². The van der Waals surface area contributed by atoms with Crippen LogP contribution in [0.4, 0.5) is 5.82 Å². The second kappa shape index (κ2) is 5.12. The molecule has 0 unspecified atom stereocenters. The Morgan fingerprint density at radius 3 is 2.76 bits per heavy atom. The van der Waals surface area contributed by atoms with Crippen molar-refractivity contribution in [3.8, 4) is 0 Å². The van der Waals surface area contributed by atoms with Crippen LogP contribution in [0.5, 0.6) is 0 Å². The van der Waals surface area contributed by atoms with Crippen LogP contribution in [0.25, 0.3) is 0 Å². The molecule has 1 fully saturated rings. The predicted octanol–water partition coefficient (Wildman–Crippen LogP) is 1.53.